The quantitative estimate of drug-likeness (QED) is 0.0550. The molecule has 0 aliphatic rings. The van der Waals surface area contributed by atoms with Gasteiger partial charge in [-0.3, -0.25) is 43.2 Å². The Morgan fingerprint density at radius 3 is 1.26 bits per heavy atom. The van der Waals surface area contributed by atoms with Gasteiger partial charge < -0.3 is 58.5 Å². The average Bonchev–Trinajstić information content (AvgIpc) is 3.27. The van der Waals surface area contributed by atoms with Crippen LogP contribution in [0.15, 0.2) is 54.6 Å². The molecule has 8 amide bonds. The Kier molecular flexibility index (Phi) is 25.1. The van der Waals surface area contributed by atoms with Crippen molar-refractivity contribution < 1.29 is 53.4 Å². The second kappa shape index (κ2) is 29.5. The fourth-order valence-electron chi connectivity index (χ4n) is 7.27. The van der Waals surface area contributed by atoms with Crippen LogP contribution < -0.4 is 48.3 Å². The summed E-state index contributed by atoms with van der Waals surface area (Å²) in [5, 5.41) is 40.0. The Bertz CT molecular complexity index is 2070. The Morgan fingerprint density at radius 2 is 0.829 bits per heavy atom. The summed E-state index contributed by atoms with van der Waals surface area (Å²) in [4.78, 5) is 119. The van der Waals surface area contributed by atoms with E-state index in [1.807, 2.05) is 85.7 Å². The first kappa shape index (κ1) is 59.6. The van der Waals surface area contributed by atoms with E-state index in [0.717, 1.165) is 5.56 Å². The number of nitrogens with one attached hydrogen (secondary N) is 8. The number of amides is 8. The molecule has 0 bridgehead atoms. The SMILES string of the molecule is CC(C)C[C@H](NC(=O)[C@H](C)NC(=O)CNC(=O)[C@H](Cc1ccc(O)cc1)NC(=O)[C@H](CC(C)C)NC(=O)[C@@H](N)Cc1ccccc1)C(=O)N[C@@H](CC(C)C)C(=O)N[C@@H](CC(C)C)C(=O)N[C@@H](C)C(=O)O. The molecule has 12 N–H and O–H groups in total. The van der Waals surface area contributed by atoms with Crippen molar-refractivity contribution in [2.45, 2.75) is 156 Å². The van der Waals surface area contributed by atoms with Crippen molar-refractivity contribution in [2.75, 3.05) is 6.54 Å². The van der Waals surface area contributed by atoms with Crippen LogP contribution in [0.5, 0.6) is 5.75 Å². The van der Waals surface area contributed by atoms with Crippen molar-refractivity contribution in [3.05, 3.63) is 65.7 Å². The van der Waals surface area contributed by atoms with Gasteiger partial charge in [-0.25, -0.2) is 0 Å². The molecule has 0 aromatic heterocycles. The summed E-state index contributed by atoms with van der Waals surface area (Å²) in [7, 11) is 0. The van der Waals surface area contributed by atoms with Crippen LogP contribution in [0.25, 0.3) is 0 Å². The zero-order valence-electron chi connectivity index (χ0n) is 42.2. The molecule has 0 aliphatic carbocycles. The molecular formula is C50H77N9O11. The van der Waals surface area contributed by atoms with Gasteiger partial charge >= 0.3 is 5.97 Å². The monoisotopic (exact) mass is 980 g/mol. The summed E-state index contributed by atoms with van der Waals surface area (Å²) in [6.45, 7) is 16.8. The number of carboxylic acids is 1. The maximum atomic E-state index is 13.8. The van der Waals surface area contributed by atoms with E-state index in [1.165, 1.54) is 26.0 Å². The van der Waals surface area contributed by atoms with E-state index >= 15 is 0 Å². The molecule has 0 unspecified atom stereocenters. The maximum absolute atomic E-state index is 13.8. The first-order valence-corrected chi connectivity index (χ1v) is 24.0. The molecule has 0 saturated heterocycles. The molecule has 0 aliphatic heterocycles. The minimum atomic E-state index is -1.26. The van der Waals surface area contributed by atoms with Crippen molar-refractivity contribution in [2.24, 2.45) is 29.4 Å². The van der Waals surface area contributed by atoms with Crippen molar-refractivity contribution >= 4 is 53.2 Å². The van der Waals surface area contributed by atoms with Gasteiger partial charge in [-0.2, -0.15) is 0 Å². The maximum Gasteiger partial charge on any atom is 0.325 e. The van der Waals surface area contributed by atoms with Gasteiger partial charge in [0, 0.05) is 6.42 Å². The first-order chi connectivity index (χ1) is 32.7. The van der Waals surface area contributed by atoms with E-state index in [2.05, 4.69) is 42.5 Å². The highest BCUT2D eigenvalue weighted by Crippen LogP contribution is 2.15. The zero-order chi connectivity index (χ0) is 52.8. The van der Waals surface area contributed by atoms with Gasteiger partial charge in [-0.05, 0) is 92.9 Å². The van der Waals surface area contributed by atoms with Crippen LogP contribution >= 0.6 is 0 Å². The number of hydrogen-bond donors (Lipinski definition) is 11. The van der Waals surface area contributed by atoms with E-state index in [4.69, 9.17) is 5.73 Å². The van der Waals surface area contributed by atoms with Gasteiger partial charge in [-0.15, -0.1) is 0 Å². The van der Waals surface area contributed by atoms with Gasteiger partial charge in [0.2, 0.25) is 47.3 Å². The lowest BCUT2D eigenvalue weighted by molar-refractivity contribution is -0.142. The number of phenols is 1. The lowest BCUT2D eigenvalue weighted by Crippen LogP contribution is -2.59. The van der Waals surface area contributed by atoms with Crippen LogP contribution in [0, 0.1) is 23.7 Å². The number of rotatable bonds is 29. The lowest BCUT2D eigenvalue weighted by Gasteiger charge is -2.28. The Morgan fingerprint density at radius 1 is 0.443 bits per heavy atom. The smallest absolute Gasteiger partial charge is 0.325 e. The van der Waals surface area contributed by atoms with E-state index in [9.17, 15) is 53.4 Å². The molecule has 2 rings (SSSR count). The van der Waals surface area contributed by atoms with Gasteiger partial charge in [0.25, 0.3) is 0 Å². The third-order valence-electron chi connectivity index (χ3n) is 10.9. The normalized spacial score (nSPS) is 14.7. The number of nitrogens with two attached hydrogens (primary N) is 1. The number of carbonyl (C=O) groups is 9. The summed E-state index contributed by atoms with van der Waals surface area (Å²) in [6.07, 6.45) is 0.882. The van der Waals surface area contributed by atoms with E-state index < -0.39 is 108 Å². The number of aliphatic carboxylic acids is 1. The second-order valence-electron chi connectivity index (χ2n) is 19.6. The van der Waals surface area contributed by atoms with Crippen LogP contribution in [-0.4, -0.2) is 118 Å². The van der Waals surface area contributed by atoms with E-state index in [0.29, 0.717) is 5.56 Å². The molecule has 2 aromatic carbocycles. The Balaban J connectivity index is 2.18. The van der Waals surface area contributed by atoms with Crippen LogP contribution in [0.3, 0.4) is 0 Å². The Labute approximate surface area is 411 Å². The molecule has 0 saturated carbocycles. The number of carboxylic acid groups (broad SMARTS) is 1. The van der Waals surface area contributed by atoms with Crippen molar-refractivity contribution in [1.29, 1.82) is 0 Å². The Hall–Kier alpha value is -6.57. The first-order valence-electron chi connectivity index (χ1n) is 24.0. The van der Waals surface area contributed by atoms with Gasteiger partial charge in [0.05, 0.1) is 12.6 Å². The molecule has 20 heteroatoms. The number of phenolic OH excluding ortho intramolecular Hbond substituents is 1. The second-order valence-corrected chi connectivity index (χ2v) is 19.6. The van der Waals surface area contributed by atoms with Gasteiger partial charge in [0.15, 0.2) is 0 Å². The third kappa shape index (κ3) is 22.2. The number of hydrogen-bond acceptors (Lipinski definition) is 11. The van der Waals surface area contributed by atoms with Crippen LogP contribution in [0.1, 0.15) is 106 Å². The molecule has 8 atom stereocenters. The highest BCUT2D eigenvalue weighted by atomic mass is 16.4. The largest absolute Gasteiger partial charge is 0.508 e. The minimum Gasteiger partial charge on any atom is -0.508 e. The van der Waals surface area contributed by atoms with Crippen LogP contribution in [0.2, 0.25) is 0 Å². The molecule has 70 heavy (non-hydrogen) atoms. The van der Waals surface area contributed by atoms with Crippen LogP contribution in [0.4, 0.5) is 0 Å². The summed E-state index contributed by atoms with van der Waals surface area (Å²) >= 11 is 0. The predicted molar refractivity (Wildman–Crippen MR) is 263 cm³/mol. The fraction of sp³-hybridized carbons (Fsp3) is 0.580. The summed E-state index contributed by atoms with van der Waals surface area (Å²) in [5.41, 5.74) is 7.61. The molecule has 2 aromatic rings. The predicted octanol–water partition coefficient (Wildman–Crippen LogP) is 1.32. The van der Waals surface area contributed by atoms with Crippen molar-refractivity contribution in [1.82, 2.24) is 42.5 Å². The van der Waals surface area contributed by atoms with Crippen LogP contribution in [-0.2, 0) is 56.0 Å². The molecule has 0 spiro atoms. The molecule has 0 radical (unpaired) electrons. The molecule has 388 valence electrons. The number of carbonyl (C=O) groups excluding carboxylic acids is 8. The fourth-order valence-corrected chi connectivity index (χ4v) is 7.27. The number of benzene rings is 2. The topological polar surface area (TPSA) is 316 Å². The summed E-state index contributed by atoms with van der Waals surface area (Å²) in [6, 6.07) is 6.01. The number of aromatic hydroxyl groups is 1. The average molecular weight is 980 g/mol. The molecular weight excluding hydrogens is 903 g/mol. The lowest BCUT2D eigenvalue weighted by atomic mass is 9.98. The highest BCUT2D eigenvalue weighted by Gasteiger charge is 2.33. The standard InChI is InChI=1S/C50H77N9O11/c1-27(2)20-37(46(65)54-32(10)50(69)70)57-49(68)40(23-30(7)8)58-47(66)38(21-28(3)4)55-43(62)31(9)53-42(61)26-52-45(64)41(25-34-16-18-35(60)19-17-34)59-48(67)39(22-29(5)6)56-44(63)36(51)24-33-14-12-11-13-15-33/h11-19,27-32,36-41,60H,20-26,51H2,1-10H3,(H,52,64)(H,53,61)(H,54,65)(H,55,62)(H,56,63)(H,57,68)(H,58,66)(H,59,67)(H,69,70)/t31-,32-,36-,37-,38-,39-,40-,41-/m0/s1. The summed E-state index contributed by atoms with van der Waals surface area (Å²) in [5.74, 6) is -7.16. The third-order valence-corrected chi connectivity index (χ3v) is 10.9. The van der Waals surface area contributed by atoms with Gasteiger partial charge in [0.1, 0.15) is 48.0 Å². The molecule has 0 heterocycles. The van der Waals surface area contributed by atoms with Gasteiger partial charge in [-0.1, -0.05) is 97.9 Å². The minimum absolute atomic E-state index is 0.0195. The van der Waals surface area contributed by atoms with Crippen molar-refractivity contribution in [3.8, 4) is 5.75 Å². The van der Waals surface area contributed by atoms with E-state index in [-0.39, 0.29) is 67.9 Å². The molecule has 20 nitrogen and oxygen atoms in total. The highest BCUT2D eigenvalue weighted by molar-refractivity contribution is 5.97. The van der Waals surface area contributed by atoms with Crippen molar-refractivity contribution in [3.63, 3.8) is 0 Å². The summed E-state index contributed by atoms with van der Waals surface area (Å²) < 4.78 is 0. The van der Waals surface area contributed by atoms with E-state index in [1.54, 1.807) is 12.1 Å². The molecule has 0 fully saturated rings. The zero-order valence-corrected chi connectivity index (χ0v) is 42.2.